The van der Waals surface area contributed by atoms with Gasteiger partial charge in [0.1, 0.15) is 10.8 Å². The number of nitrogens with zero attached hydrogens (tertiary/aromatic N) is 2. The zero-order valence-electron chi connectivity index (χ0n) is 19.1. The summed E-state index contributed by atoms with van der Waals surface area (Å²) < 4.78 is 16.8. The summed E-state index contributed by atoms with van der Waals surface area (Å²) in [5.74, 6) is 1.86. The molecule has 0 bridgehead atoms. The molecule has 0 fully saturated rings. The van der Waals surface area contributed by atoms with Crippen LogP contribution in [-0.2, 0) is 11.2 Å². The van der Waals surface area contributed by atoms with Gasteiger partial charge in [-0.25, -0.2) is 4.98 Å². The summed E-state index contributed by atoms with van der Waals surface area (Å²) in [5.41, 5.74) is 1.41. The van der Waals surface area contributed by atoms with Gasteiger partial charge in [0, 0.05) is 24.3 Å². The Hall–Kier alpha value is -3.69. The van der Waals surface area contributed by atoms with Crippen molar-refractivity contribution in [1.29, 1.82) is 0 Å². The van der Waals surface area contributed by atoms with E-state index in [4.69, 9.17) is 38.0 Å². The number of ether oxygens (including phenoxy) is 3. The Labute approximate surface area is 212 Å². The normalized spacial score (nSPS) is 12.1. The van der Waals surface area contributed by atoms with Crippen LogP contribution in [0.15, 0.2) is 59.7 Å². The summed E-state index contributed by atoms with van der Waals surface area (Å²) in [5, 5.41) is 7.53. The zero-order chi connectivity index (χ0) is 24.8. The number of aromatic nitrogens is 1. The maximum Gasteiger partial charge on any atom is 0.237 e. The fourth-order valence-corrected chi connectivity index (χ4v) is 3.98. The lowest BCUT2D eigenvalue weighted by molar-refractivity contribution is -0.119. The van der Waals surface area contributed by atoms with Crippen LogP contribution in [0.3, 0.4) is 0 Å². The van der Waals surface area contributed by atoms with Gasteiger partial charge < -0.3 is 24.8 Å². The molecule has 0 unspecified atom stereocenters. The van der Waals surface area contributed by atoms with Crippen LogP contribution in [0.4, 0.5) is 5.69 Å². The van der Waals surface area contributed by atoms with Gasteiger partial charge in [-0.05, 0) is 29.9 Å². The number of methoxy groups -OCH3 is 2. The first-order chi connectivity index (χ1) is 17.0. The van der Waals surface area contributed by atoms with E-state index >= 15 is 0 Å². The van der Waals surface area contributed by atoms with E-state index in [0.29, 0.717) is 35.9 Å². The van der Waals surface area contributed by atoms with E-state index in [1.54, 1.807) is 20.3 Å². The number of fused-ring (bicyclic) bond motifs is 1. The Morgan fingerprint density at radius 1 is 1.11 bits per heavy atom. The maximum atomic E-state index is 12.2. The summed E-state index contributed by atoms with van der Waals surface area (Å²) >= 11 is 11.7. The third-order valence-electron chi connectivity index (χ3n) is 5.17. The van der Waals surface area contributed by atoms with Gasteiger partial charge in [0.25, 0.3) is 0 Å². The van der Waals surface area contributed by atoms with Crippen molar-refractivity contribution in [2.75, 3.05) is 26.1 Å². The van der Waals surface area contributed by atoms with Gasteiger partial charge in [0.15, 0.2) is 16.6 Å². The molecule has 0 saturated carbocycles. The molecule has 0 saturated heterocycles. The van der Waals surface area contributed by atoms with Crippen LogP contribution < -0.4 is 35.4 Å². The quantitative estimate of drug-likeness (QED) is 0.472. The van der Waals surface area contributed by atoms with Crippen molar-refractivity contribution in [2.45, 2.75) is 12.8 Å². The third kappa shape index (κ3) is 6.06. The van der Waals surface area contributed by atoms with Crippen LogP contribution in [-0.4, -0.2) is 36.8 Å². The van der Waals surface area contributed by atoms with Crippen molar-refractivity contribution in [2.24, 2.45) is 4.99 Å². The van der Waals surface area contributed by atoms with Gasteiger partial charge in [-0.2, -0.15) is 0 Å². The molecule has 0 radical (unpaired) electrons. The first-order valence-electron chi connectivity index (χ1n) is 10.7. The molecule has 2 aromatic carbocycles. The lowest BCUT2D eigenvalue weighted by Crippen LogP contribution is -2.35. The first kappa shape index (κ1) is 24.4. The fourth-order valence-electron chi connectivity index (χ4n) is 3.54. The van der Waals surface area contributed by atoms with E-state index in [-0.39, 0.29) is 28.3 Å². The maximum absolute atomic E-state index is 12.2. The van der Waals surface area contributed by atoms with Gasteiger partial charge in [-0.3, -0.25) is 9.79 Å². The highest BCUT2D eigenvalue weighted by Gasteiger charge is 2.15. The average molecular weight is 511 g/mol. The highest BCUT2D eigenvalue weighted by molar-refractivity contribution is 7.80. The molecule has 8 nitrogen and oxygen atoms in total. The summed E-state index contributed by atoms with van der Waals surface area (Å²) in [6.07, 6.45) is 2.33. The molecule has 180 valence electrons. The predicted molar refractivity (Wildman–Crippen MR) is 138 cm³/mol. The Balaban J connectivity index is 1.46. The zero-order valence-corrected chi connectivity index (χ0v) is 20.7. The number of hydrogen-bond donors (Lipinski definition) is 2. The van der Waals surface area contributed by atoms with Gasteiger partial charge in [0.05, 0.1) is 37.9 Å². The lowest BCUT2D eigenvalue weighted by Gasteiger charge is -2.15. The third-order valence-corrected chi connectivity index (χ3v) is 5.64. The second-order valence-electron chi connectivity index (χ2n) is 7.56. The number of nitrogens with one attached hydrogen (secondary N) is 2. The van der Waals surface area contributed by atoms with E-state index in [0.717, 1.165) is 16.1 Å². The largest absolute Gasteiger partial charge is 0.493 e. The number of pyridine rings is 1. The minimum atomic E-state index is -0.224. The van der Waals surface area contributed by atoms with Crippen LogP contribution in [0, 0.1) is 0 Å². The number of anilines is 1. The molecule has 0 atom stereocenters. The van der Waals surface area contributed by atoms with Crippen molar-refractivity contribution in [3.05, 3.63) is 75.9 Å². The average Bonchev–Trinajstić information content (AvgIpc) is 2.85. The standard InChI is InChI=1S/C25H23ClN4O4S/c1-32-21-12-17-19(13-22(21)33-2)27-9-8-20(17)34-24-18(26)11-16(14-28-24)29-25(35)30-23(31)10-15-6-4-3-5-7-15/h3-7,11-14H,8-10H2,1-2H3,(H2,29,30,31,35). The van der Waals surface area contributed by atoms with Crippen molar-refractivity contribution < 1.29 is 19.0 Å². The summed E-state index contributed by atoms with van der Waals surface area (Å²) in [6.45, 7) is 0.562. The Bertz CT molecular complexity index is 1380. The number of rotatable bonds is 7. The van der Waals surface area contributed by atoms with Crippen molar-refractivity contribution in [1.82, 2.24) is 10.3 Å². The minimum absolute atomic E-state index is 0.149. The monoisotopic (exact) mass is 510 g/mol. The predicted octanol–water partition coefficient (Wildman–Crippen LogP) is 3.02. The number of thiocarbonyl (C=S) groups is 1. The van der Waals surface area contributed by atoms with Gasteiger partial charge in [-0.15, -0.1) is 0 Å². The van der Waals surface area contributed by atoms with Gasteiger partial charge in [0.2, 0.25) is 11.8 Å². The summed E-state index contributed by atoms with van der Waals surface area (Å²) in [6, 6.07) is 14.7. The smallest absolute Gasteiger partial charge is 0.237 e. The topological polar surface area (TPSA) is 94.1 Å². The second kappa shape index (κ2) is 11.2. The van der Waals surface area contributed by atoms with Crippen molar-refractivity contribution >= 4 is 46.3 Å². The van der Waals surface area contributed by atoms with Crippen LogP contribution >= 0.6 is 23.8 Å². The molecule has 0 aliphatic carbocycles. The SMILES string of the molecule is COc1cc2c(cc1OC)=C(Oc1ncc(NC(=S)NC(=O)Cc3ccccc3)cc1Cl)CCN=2. The minimum Gasteiger partial charge on any atom is -0.493 e. The molecular formula is C25H23ClN4O4S. The molecule has 1 aliphatic rings. The molecule has 2 N–H and O–H groups in total. The van der Waals surface area contributed by atoms with Crippen LogP contribution in [0.25, 0.3) is 5.76 Å². The first-order valence-corrected chi connectivity index (χ1v) is 11.5. The summed E-state index contributed by atoms with van der Waals surface area (Å²) in [7, 11) is 3.15. The number of carbonyl (C=O) groups excluding carboxylic acids is 1. The number of hydrogen-bond acceptors (Lipinski definition) is 7. The molecule has 3 aromatic rings. The molecule has 0 spiro atoms. The van der Waals surface area contributed by atoms with Crippen molar-refractivity contribution in [3.8, 4) is 17.4 Å². The van der Waals surface area contributed by atoms with Gasteiger partial charge >= 0.3 is 0 Å². The van der Waals surface area contributed by atoms with E-state index in [9.17, 15) is 4.79 Å². The van der Waals surface area contributed by atoms with E-state index in [1.165, 1.54) is 6.20 Å². The van der Waals surface area contributed by atoms with Crippen LogP contribution in [0.1, 0.15) is 12.0 Å². The lowest BCUT2D eigenvalue weighted by atomic mass is 10.1. The van der Waals surface area contributed by atoms with Crippen molar-refractivity contribution in [3.63, 3.8) is 0 Å². The second-order valence-corrected chi connectivity index (χ2v) is 8.37. The van der Waals surface area contributed by atoms with Crippen LogP contribution in [0.2, 0.25) is 5.02 Å². The number of carbonyl (C=O) groups is 1. The molecular weight excluding hydrogens is 488 g/mol. The highest BCUT2D eigenvalue weighted by Crippen LogP contribution is 2.28. The van der Waals surface area contributed by atoms with Crippen LogP contribution in [0.5, 0.6) is 17.4 Å². The fraction of sp³-hybridized carbons (Fsp3) is 0.200. The Kier molecular flexibility index (Phi) is 7.79. The Morgan fingerprint density at radius 2 is 1.86 bits per heavy atom. The molecule has 1 amide bonds. The molecule has 1 aliphatic heterocycles. The summed E-state index contributed by atoms with van der Waals surface area (Å²) in [4.78, 5) is 21.1. The Morgan fingerprint density at radius 3 is 2.57 bits per heavy atom. The van der Waals surface area contributed by atoms with E-state index in [2.05, 4.69) is 20.6 Å². The number of halogens is 1. The van der Waals surface area contributed by atoms with Gasteiger partial charge in [-0.1, -0.05) is 41.9 Å². The van der Waals surface area contributed by atoms with E-state index in [1.807, 2.05) is 42.5 Å². The number of amides is 1. The highest BCUT2D eigenvalue weighted by atomic mass is 35.5. The number of benzene rings is 2. The molecule has 4 rings (SSSR count). The molecule has 10 heteroatoms. The molecule has 35 heavy (non-hydrogen) atoms. The molecule has 2 heterocycles. The molecule has 1 aromatic heterocycles. The van der Waals surface area contributed by atoms with E-state index < -0.39 is 0 Å².